The minimum atomic E-state index is -1.03. The van der Waals surface area contributed by atoms with Crippen LogP contribution in [-0.4, -0.2) is 23.2 Å². The molecule has 1 atom stereocenters. The SMILES string of the molecule is COC(=O)C(C)(N)C/C=C\CCn1c(C)[nH+]oc1=O. The van der Waals surface area contributed by atoms with E-state index in [0.29, 0.717) is 25.2 Å². The summed E-state index contributed by atoms with van der Waals surface area (Å²) in [7, 11) is 1.31. The summed E-state index contributed by atoms with van der Waals surface area (Å²) in [4.78, 5) is 22.6. The Bertz CT molecular complexity index is 513. The third-order valence-corrected chi connectivity index (χ3v) is 2.79. The minimum absolute atomic E-state index is 0.380. The van der Waals surface area contributed by atoms with Crippen molar-refractivity contribution in [3.63, 3.8) is 0 Å². The number of esters is 1. The molecule has 1 aromatic rings. The van der Waals surface area contributed by atoms with Gasteiger partial charge in [0.05, 0.1) is 7.11 Å². The van der Waals surface area contributed by atoms with Crippen LogP contribution < -0.4 is 16.6 Å². The molecule has 0 saturated carbocycles. The van der Waals surface area contributed by atoms with Crippen molar-refractivity contribution >= 4 is 5.97 Å². The lowest BCUT2D eigenvalue weighted by atomic mass is 9.99. The Balaban J connectivity index is 2.44. The zero-order valence-corrected chi connectivity index (χ0v) is 11.4. The van der Waals surface area contributed by atoms with Crippen LogP contribution in [0.4, 0.5) is 0 Å². The number of nitrogens with two attached hydrogens (primary N) is 1. The molecule has 1 unspecified atom stereocenters. The third kappa shape index (κ3) is 4.06. The van der Waals surface area contributed by atoms with Crippen LogP contribution in [0, 0.1) is 6.92 Å². The molecule has 106 valence electrons. The molecule has 0 radical (unpaired) electrons. The first-order valence-electron chi connectivity index (χ1n) is 5.98. The minimum Gasteiger partial charge on any atom is -0.468 e. The van der Waals surface area contributed by atoms with Gasteiger partial charge in [-0.05, 0) is 13.3 Å². The van der Waals surface area contributed by atoms with Gasteiger partial charge in [0, 0.05) is 13.3 Å². The molecule has 7 heteroatoms. The van der Waals surface area contributed by atoms with E-state index in [2.05, 4.69) is 14.4 Å². The molecule has 19 heavy (non-hydrogen) atoms. The number of hydrogen-bond acceptors (Lipinski definition) is 5. The van der Waals surface area contributed by atoms with E-state index in [1.807, 2.05) is 6.08 Å². The average Bonchev–Trinajstić information content (AvgIpc) is 2.68. The second kappa shape index (κ2) is 6.33. The van der Waals surface area contributed by atoms with E-state index in [4.69, 9.17) is 5.73 Å². The molecular formula is C12H20N3O4+. The zero-order chi connectivity index (χ0) is 14.5. The summed E-state index contributed by atoms with van der Waals surface area (Å²) in [5.41, 5.74) is 4.77. The highest BCUT2D eigenvalue weighted by Gasteiger charge is 2.27. The summed E-state index contributed by atoms with van der Waals surface area (Å²) in [5, 5.41) is 2.49. The molecule has 7 nitrogen and oxygen atoms in total. The number of H-pyrrole nitrogens is 1. The van der Waals surface area contributed by atoms with Crippen LogP contribution in [0.1, 0.15) is 25.6 Å². The summed E-state index contributed by atoms with van der Waals surface area (Å²) >= 11 is 0. The van der Waals surface area contributed by atoms with E-state index in [0.717, 1.165) is 0 Å². The Morgan fingerprint density at radius 3 is 2.79 bits per heavy atom. The molecule has 0 saturated heterocycles. The van der Waals surface area contributed by atoms with E-state index >= 15 is 0 Å². The maximum Gasteiger partial charge on any atom is 0.549 e. The lowest BCUT2D eigenvalue weighted by Gasteiger charge is -2.18. The van der Waals surface area contributed by atoms with Crippen molar-refractivity contribution in [2.45, 2.75) is 38.8 Å². The van der Waals surface area contributed by atoms with Gasteiger partial charge in [0.1, 0.15) is 12.1 Å². The first-order valence-corrected chi connectivity index (χ1v) is 5.98. The molecule has 0 aliphatic heterocycles. The number of methoxy groups -OCH3 is 1. The predicted octanol–water partition coefficient (Wildman–Crippen LogP) is -0.209. The monoisotopic (exact) mass is 270 g/mol. The molecule has 0 fully saturated rings. The second-order valence-corrected chi connectivity index (χ2v) is 4.58. The summed E-state index contributed by atoms with van der Waals surface area (Å²) in [6.07, 6.45) is 4.70. The lowest BCUT2D eigenvalue weighted by molar-refractivity contribution is -0.618. The molecular weight excluding hydrogens is 250 g/mol. The van der Waals surface area contributed by atoms with Crippen molar-refractivity contribution in [3.05, 3.63) is 28.5 Å². The number of carbonyl (C=O) groups excluding carboxylic acids is 1. The van der Waals surface area contributed by atoms with Gasteiger partial charge >= 0.3 is 11.7 Å². The van der Waals surface area contributed by atoms with Crippen LogP contribution >= 0.6 is 0 Å². The van der Waals surface area contributed by atoms with Crippen LogP contribution in [-0.2, 0) is 16.1 Å². The van der Waals surface area contributed by atoms with E-state index in [-0.39, 0.29) is 0 Å². The fourth-order valence-corrected chi connectivity index (χ4v) is 1.59. The van der Waals surface area contributed by atoms with Gasteiger partial charge in [-0.25, -0.2) is 4.52 Å². The molecule has 1 heterocycles. The fourth-order valence-electron chi connectivity index (χ4n) is 1.59. The Kier molecular flexibility index (Phi) is 5.05. The van der Waals surface area contributed by atoms with Crippen molar-refractivity contribution in [1.82, 2.24) is 4.57 Å². The van der Waals surface area contributed by atoms with E-state index < -0.39 is 17.3 Å². The maximum atomic E-state index is 11.3. The second-order valence-electron chi connectivity index (χ2n) is 4.58. The number of hydrogen-bond donors (Lipinski definition) is 1. The summed E-state index contributed by atoms with van der Waals surface area (Å²) in [6, 6.07) is 0. The number of ether oxygens (including phenoxy) is 1. The molecule has 0 aliphatic carbocycles. The van der Waals surface area contributed by atoms with Gasteiger partial charge in [-0.3, -0.25) is 4.79 Å². The maximum absolute atomic E-state index is 11.3. The smallest absolute Gasteiger partial charge is 0.468 e. The Labute approximate surface area is 111 Å². The van der Waals surface area contributed by atoms with Crippen molar-refractivity contribution in [2.75, 3.05) is 7.11 Å². The highest BCUT2D eigenvalue weighted by atomic mass is 16.5. The number of rotatable bonds is 6. The standard InChI is InChI=1S/C12H19N3O4/c1-9-14-19-11(17)15(9)8-6-4-5-7-12(2,13)10(16)18-3/h4-5H,6-8,13H2,1-3H3/p+1/b5-4-. The van der Waals surface area contributed by atoms with Crippen LogP contribution in [0.25, 0.3) is 0 Å². The number of allylic oxidation sites excluding steroid dienone is 1. The number of aromatic amines is 1. The Morgan fingerprint density at radius 1 is 1.58 bits per heavy atom. The highest BCUT2D eigenvalue weighted by Crippen LogP contribution is 2.09. The van der Waals surface area contributed by atoms with E-state index in [1.165, 1.54) is 11.7 Å². The third-order valence-electron chi connectivity index (χ3n) is 2.79. The van der Waals surface area contributed by atoms with Crippen molar-refractivity contribution in [2.24, 2.45) is 5.73 Å². The van der Waals surface area contributed by atoms with Gasteiger partial charge in [0.2, 0.25) is 0 Å². The predicted molar refractivity (Wildman–Crippen MR) is 67.2 cm³/mol. The summed E-state index contributed by atoms with van der Waals surface area (Å²) in [6.45, 7) is 3.87. The molecule has 0 spiro atoms. The summed E-state index contributed by atoms with van der Waals surface area (Å²) < 4.78 is 10.7. The van der Waals surface area contributed by atoms with Crippen LogP contribution in [0.2, 0.25) is 0 Å². The molecule has 1 rings (SSSR count). The van der Waals surface area contributed by atoms with Crippen molar-refractivity contribution in [1.29, 1.82) is 0 Å². The zero-order valence-electron chi connectivity index (χ0n) is 11.4. The van der Waals surface area contributed by atoms with Gasteiger partial charge in [0.25, 0.3) is 5.82 Å². The van der Waals surface area contributed by atoms with Crippen molar-refractivity contribution in [3.8, 4) is 0 Å². The van der Waals surface area contributed by atoms with E-state index in [9.17, 15) is 9.59 Å². The van der Waals surface area contributed by atoms with Crippen LogP contribution in [0.15, 0.2) is 21.5 Å². The van der Waals surface area contributed by atoms with Gasteiger partial charge in [-0.1, -0.05) is 17.3 Å². The Hall–Kier alpha value is -1.89. The molecule has 3 N–H and O–H groups in total. The van der Waals surface area contributed by atoms with E-state index in [1.54, 1.807) is 19.9 Å². The van der Waals surface area contributed by atoms with Crippen LogP contribution in [0.3, 0.4) is 0 Å². The van der Waals surface area contributed by atoms with Gasteiger partial charge in [0.15, 0.2) is 0 Å². The first kappa shape index (κ1) is 15.2. The number of nitrogens with one attached hydrogen (secondary N) is 1. The molecule has 0 amide bonds. The largest absolute Gasteiger partial charge is 0.549 e. The molecule has 1 aromatic heterocycles. The number of carbonyl (C=O) groups is 1. The topological polar surface area (TPSA) is 102 Å². The van der Waals surface area contributed by atoms with Crippen molar-refractivity contribution < 1.29 is 19.2 Å². The number of nitrogens with zero attached hydrogens (tertiary/aromatic N) is 1. The fraction of sp³-hybridized carbons (Fsp3) is 0.583. The van der Waals surface area contributed by atoms with Crippen LogP contribution in [0.5, 0.6) is 0 Å². The normalized spacial score (nSPS) is 14.5. The lowest BCUT2D eigenvalue weighted by Crippen LogP contribution is -2.45. The molecule has 0 aliphatic rings. The highest BCUT2D eigenvalue weighted by molar-refractivity contribution is 5.80. The number of aryl methyl sites for hydroxylation is 1. The van der Waals surface area contributed by atoms with Gasteiger partial charge < -0.3 is 10.5 Å². The number of aromatic nitrogens is 2. The quantitative estimate of drug-likeness (QED) is 0.569. The van der Waals surface area contributed by atoms with Gasteiger partial charge in [-0.15, -0.1) is 0 Å². The van der Waals surface area contributed by atoms with Gasteiger partial charge in [-0.2, -0.15) is 9.36 Å². The Morgan fingerprint density at radius 2 is 2.26 bits per heavy atom. The summed E-state index contributed by atoms with van der Waals surface area (Å²) in [5.74, 6) is -0.200. The molecule has 0 aromatic carbocycles. The molecule has 0 bridgehead atoms. The average molecular weight is 270 g/mol. The first-order chi connectivity index (χ1) is 8.88.